The predicted molar refractivity (Wildman–Crippen MR) is 70.1 cm³/mol. The van der Waals surface area contributed by atoms with E-state index in [1.165, 1.54) is 24.7 Å². The Bertz CT molecular complexity index is 680. The van der Waals surface area contributed by atoms with Crippen molar-refractivity contribution >= 4 is 17.4 Å². The molecule has 104 valence electrons. The lowest BCUT2D eigenvalue weighted by molar-refractivity contribution is 0.101. The second kappa shape index (κ2) is 5.39. The van der Waals surface area contributed by atoms with E-state index < -0.39 is 11.7 Å². The molecule has 1 aromatic carbocycles. The molecule has 7 nitrogen and oxygen atoms in total. The number of nitrogens with one attached hydrogen (secondary N) is 1. The fourth-order valence-electron chi connectivity index (χ4n) is 1.62. The number of aromatic nitrogens is 2. The summed E-state index contributed by atoms with van der Waals surface area (Å²) in [6.07, 6.45) is 2.89. The Morgan fingerprint density at radius 1 is 1.55 bits per heavy atom. The number of nitrogens with two attached hydrogens (primary N) is 1. The Labute approximate surface area is 113 Å². The van der Waals surface area contributed by atoms with Crippen LogP contribution in [0.5, 0.6) is 0 Å². The number of anilines is 1. The smallest absolute Gasteiger partial charge is 0.273 e. The highest BCUT2D eigenvalue weighted by molar-refractivity contribution is 6.04. The molecular formula is C12H12FN5O2. The number of imidazole rings is 1. The van der Waals surface area contributed by atoms with Crippen LogP contribution in [0.1, 0.15) is 16.1 Å². The van der Waals surface area contributed by atoms with Gasteiger partial charge in [-0.1, -0.05) is 5.16 Å². The quantitative estimate of drug-likeness (QED) is 0.335. The van der Waals surface area contributed by atoms with Gasteiger partial charge in [0.15, 0.2) is 5.84 Å². The van der Waals surface area contributed by atoms with E-state index in [-0.39, 0.29) is 11.4 Å². The Kier molecular flexibility index (Phi) is 3.65. The lowest BCUT2D eigenvalue weighted by Crippen LogP contribution is -2.18. The van der Waals surface area contributed by atoms with Gasteiger partial charge in [-0.15, -0.1) is 0 Å². The molecule has 20 heavy (non-hydrogen) atoms. The Balaban J connectivity index is 2.27. The summed E-state index contributed by atoms with van der Waals surface area (Å²) in [7, 11) is 1.68. The van der Waals surface area contributed by atoms with Gasteiger partial charge in [0.25, 0.3) is 5.91 Å². The summed E-state index contributed by atoms with van der Waals surface area (Å²) in [6, 6.07) is 3.77. The number of nitrogens with zero attached hydrogens (tertiary/aromatic N) is 3. The third-order valence-electron chi connectivity index (χ3n) is 2.66. The molecule has 0 radical (unpaired) electrons. The third kappa shape index (κ3) is 2.58. The predicted octanol–water partition coefficient (Wildman–Crippen LogP) is 0.906. The number of oxime groups is 1. The van der Waals surface area contributed by atoms with Crippen LogP contribution in [0.4, 0.5) is 10.1 Å². The number of carbonyl (C=O) groups excluding carboxylic acids is 1. The minimum absolute atomic E-state index is 0.102. The van der Waals surface area contributed by atoms with Gasteiger partial charge in [0.05, 0.1) is 18.1 Å². The van der Waals surface area contributed by atoms with Gasteiger partial charge in [-0.3, -0.25) is 4.79 Å². The molecule has 4 N–H and O–H groups in total. The van der Waals surface area contributed by atoms with Crippen molar-refractivity contribution in [3.63, 3.8) is 0 Å². The molecule has 0 aliphatic heterocycles. The molecule has 2 aromatic rings. The first kappa shape index (κ1) is 13.5. The second-order valence-corrected chi connectivity index (χ2v) is 4.02. The van der Waals surface area contributed by atoms with E-state index in [4.69, 9.17) is 10.9 Å². The number of hydrogen-bond acceptors (Lipinski definition) is 4. The van der Waals surface area contributed by atoms with Crippen LogP contribution < -0.4 is 11.1 Å². The van der Waals surface area contributed by atoms with Crippen LogP contribution in [0.3, 0.4) is 0 Å². The van der Waals surface area contributed by atoms with Gasteiger partial charge in [-0.05, 0) is 18.2 Å². The molecule has 0 bridgehead atoms. The van der Waals surface area contributed by atoms with Crippen LogP contribution in [0.15, 0.2) is 35.9 Å². The van der Waals surface area contributed by atoms with Crippen LogP contribution in [0, 0.1) is 5.82 Å². The molecule has 8 heteroatoms. The number of amides is 1. The van der Waals surface area contributed by atoms with Crippen molar-refractivity contribution in [2.45, 2.75) is 0 Å². The van der Waals surface area contributed by atoms with Crippen molar-refractivity contribution in [3.8, 4) is 0 Å². The topological polar surface area (TPSA) is 106 Å². The van der Waals surface area contributed by atoms with E-state index in [1.54, 1.807) is 11.6 Å². The standard InChI is InChI=1S/C12H12FN5O2/c1-18-6-15-5-10(18)12(19)16-7-2-3-9(13)8(4-7)11(14)17-20/h2-6,20H,1H3,(H2,14,17)(H,16,19). The summed E-state index contributed by atoms with van der Waals surface area (Å²) in [4.78, 5) is 15.8. The molecule has 0 atom stereocenters. The number of halogens is 1. The molecule has 0 fully saturated rings. The summed E-state index contributed by atoms with van der Waals surface area (Å²) in [5, 5.41) is 13.9. The average molecular weight is 277 g/mol. The molecule has 0 aliphatic rings. The van der Waals surface area contributed by atoms with Crippen molar-refractivity contribution in [3.05, 3.63) is 47.8 Å². The molecule has 2 rings (SSSR count). The van der Waals surface area contributed by atoms with Crippen LogP contribution >= 0.6 is 0 Å². The number of rotatable bonds is 3. The molecule has 0 unspecified atom stereocenters. The van der Waals surface area contributed by atoms with Crippen molar-refractivity contribution in [2.24, 2.45) is 17.9 Å². The lowest BCUT2D eigenvalue weighted by atomic mass is 10.1. The van der Waals surface area contributed by atoms with Crippen molar-refractivity contribution in [1.82, 2.24) is 9.55 Å². The normalized spacial score (nSPS) is 11.4. The maximum atomic E-state index is 13.5. The molecule has 1 aromatic heterocycles. The maximum Gasteiger partial charge on any atom is 0.273 e. The minimum Gasteiger partial charge on any atom is -0.409 e. The SMILES string of the molecule is Cn1cncc1C(=O)Nc1ccc(F)c(/C(N)=N/O)c1. The van der Waals surface area contributed by atoms with Crippen molar-refractivity contribution in [2.75, 3.05) is 5.32 Å². The van der Waals surface area contributed by atoms with Crippen molar-refractivity contribution < 1.29 is 14.4 Å². The summed E-state index contributed by atoms with van der Waals surface area (Å²) >= 11 is 0. The first-order chi connectivity index (χ1) is 9.52. The average Bonchev–Trinajstić information content (AvgIpc) is 2.86. The molecule has 1 amide bonds. The highest BCUT2D eigenvalue weighted by atomic mass is 19.1. The summed E-state index contributed by atoms with van der Waals surface area (Å²) in [5.74, 6) is -1.43. The largest absolute Gasteiger partial charge is 0.409 e. The lowest BCUT2D eigenvalue weighted by Gasteiger charge is -2.08. The van der Waals surface area contributed by atoms with E-state index >= 15 is 0 Å². The molecule has 0 saturated heterocycles. The fourth-order valence-corrected chi connectivity index (χ4v) is 1.62. The first-order valence-electron chi connectivity index (χ1n) is 5.58. The van der Waals surface area contributed by atoms with E-state index in [9.17, 15) is 9.18 Å². The number of amidine groups is 1. The molecule has 0 saturated carbocycles. The Morgan fingerprint density at radius 3 is 2.90 bits per heavy atom. The molecular weight excluding hydrogens is 265 g/mol. The Morgan fingerprint density at radius 2 is 2.30 bits per heavy atom. The van der Waals surface area contributed by atoms with Crippen LogP contribution in [-0.2, 0) is 7.05 Å². The zero-order valence-electron chi connectivity index (χ0n) is 10.5. The van der Waals surface area contributed by atoms with Crippen LogP contribution in [-0.4, -0.2) is 26.5 Å². The van der Waals surface area contributed by atoms with Crippen molar-refractivity contribution in [1.29, 1.82) is 0 Å². The number of carbonyl (C=O) groups is 1. The van der Waals surface area contributed by atoms with Gasteiger partial charge in [0.2, 0.25) is 0 Å². The molecule has 1 heterocycles. The van der Waals surface area contributed by atoms with Gasteiger partial charge in [-0.2, -0.15) is 0 Å². The van der Waals surface area contributed by atoms with Gasteiger partial charge in [0.1, 0.15) is 11.5 Å². The summed E-state index contributed by atoms with van der Waals surface area (Å²) in [5.41, 5.74) is 5.91. The second-order valence-electron chi connectivity index (χ2n) is 4.02. The number of benzene rings is 1. The van der Waals surface area contributed by atoms with Gasteiger partial charge >= 0.3 is 0 Å². The number of aryl methyl sites for hydroxylation is 1. The zero-order valence-corrected chi connectivity index (χ0v) is 10.5. The highest BCUT2D eigenvalue weighted by Gasteiger charge is 2.13. The highest BCUT2D eigenvalue weighted by Crippen LogP contribution is 2.15. The van der Waals surface area contributed by atoms with E-state index in [2.05, 4.69) is 15.5 Å². The Hall–Kier alpha value is -2.90. The monoisotopic (exact) mass is 277 g/mol. The van der Waals surface area contributed by atoms with E-state index in [0.717, 1.165) is 6.07 Å². The van der Waals surface area contributed by atoms with Gasteiger partial charge in [0, 0.05) is 12.7 Å². The van der Waals surface area contributed by atoms with E-state index in [0.29, 0.717) is 11.4 Å². The zero-order chi connectivity index (χ0) is 14.7. The van der Waals surface area contributed by atoms with Crippen LogP contribution in [0.2, 0.25) is 0 Å². The maximum absolute atomic E-state index is 13.5. The molecule has 0 spiro atoms. The van der Waals surface area contributed by atoms with Gasteiger partial charge in [-0.25, -0.2) is 9.37 Å². The molecule has 0 aliphatic carbocycles. The van der Waals surface area contributed by atoms with Crippen LogP contribution in [0.25, 0.3) is 0 Å². The van der Waals surface area contributed by atoms with Gasteiger partial charge < -0.3 is 20.8 Å². The minimum atomic E-state index is -0.654. The first-order valence-corrected chi connectivity index (χ1v) is 5.58. The summed E-state index contributed by atoms with van der Waals surface area (Å²) < 4.78 is 15.0. The fraction of sp³-hybridized carbons (Fsp3) is 0.0833. The number of hydrogen-bond donors (Lipinski definition) is 3. The van der Waals surface area contributed by atoms with E-state index in [1.807, 2.05) is 0 Å². The summed E-state index contributed by atoms with van der Waals surface area (Å²) in [6.45, 7) is 0. The third-order valence-corrected chi connectivity index (χ3v) is 2.66.